The molecule has 0 aromatic heterocycles. The number of amides is 2. The summed E-state index contributed by atoms with van der Waals surface area (Å²) in [5, 5.41) is 22.6. The number of nitrogens with zero attached hydrogens (tertiary/aromatic N) is 1. The molecule has 1 saturated carbocycles. The Kier molecular flexibility index (Phi) is 10.5. The van der Waals surface area contributed by atoms with E-state index in [4.69, 9.17) is 28.3 Å². The summed E-state index contributed by atoms with van der Waals surface area (Å²) in [4.78, 5) is 29.5. The molecule has 9 nitrogen and oxygen atoms in total. The lowest BCUT2D eigenvalue weighted by Crippen LogP contribution is -2.58. The van der Waals surface area contributed by atoms with E-state index in [2.05, 4.69) is 10.0 Å². The standard InChI is InChI=1S/C31H41Cl2N3O6S/c1-4-24(17-35-43(41,42)31(3)12-13-31)36-28(20-8-10-22(32)11-9-20)26(21-6-5-7-23(33)14-21)15-30(2,29(36)40)16-27(39)34-18-25(38)19-37/h5-11,14,24-26,28,35,37-38H,4,12-13,15-19H2,1-3H3,(H,34,39)/t24-,25+,26+,28+,30+/m0/s1. The molecule has 2 amide bonds. The smallest absolute Gasteiger partial charge is 0.229 e. The number of aliphatic hydroxyl groups is 2. The number of aliphatic hydroxyl groups excluding tert-OH is 2. The lowest BCUT2D eigenvalue weighted by molar-refractivity contribution is -0.157. The van der Waals surface area contributed by atoms with Crippen LogP contribution in [0.15, 0.2) is 48.5 Å². The van der Waals surface area contributed by atoms with Gasteiger partial charge in [0.25, 0.3) is 0 Å². The second kappa shape index (κ2) is 13.4. The Bertz CT molecular complexity index is 1420. The number of likely N-dealkylation sites (tertiary alicyclic amines) is 1. The van der Waals surface area contributed by atoms with Crippen LogP contribution in [0.1, 0.15) is 76.0 Å². The molecule has 43 heavy (non-hydrogen) atoms. The van der Waals surface area contributed by atoms with E-state index in [0.717, 1.165) is 11.1 Å². The van der Waals surface area contributed by atoms with Crippen molar-refractivity contribution in [3.8, 4) is 0 Å². The molecule has 2 fully saturated rings. The van der Waals surface area contributed by atoms with Gasteiger partial charge >= 0.3 is 0 Å². The zero-order valence-electron chi connectivity index (χ0n) is 24.7. The van der Waals surface area contributed by atoms with Crippen LogP contribution in [0.2, 0.25) is 10.0 Å². The van der Waals surface area contributed by atoms with Crippen LogP contribution >= 0.6 is 23.2 Å². The maximum absolute atomic E-state index is 14.6. The number of benzene rings is 2. The molecule has 1 heterocycles. The van der Waals surface area contributed by atoms with Gasteiger partial charge in [-0.25, -0.2) is 13.1 Å². The second-order valence-corrected chi connectivity index (χ2v) is 15.5. The average molecular weight is 655 g/mol. The number of rotatable bonds is 13. The number of carbonyl (C=O) groups is 2. The molecule has 0 bridgehead atoms. The van der Waals surface area contributed by atoms with Gasteiger partial charge in [0.1, 0.15) is 0 Å². The number of sulfonamides is 1. The third kappa shape index (κ3) is 7.54. The summed E-state index contributed by atoms with van der Waals surface area (Å²) in [6.45, 7) is 4.76. The van der Waals surface area contributed by atoms with E-state index in [1.54, 1.807) is 36.9 Å². The molecule has 1 saturated heterocycles. The quantitative estimate of drug-likeness (QED) is 0.256. The maximum Gasteiger partial charge on any atom is 0.229 e. The van der Waals surface area contributed by atoms with Crippen LogP contribution in [0.3, 0.4) is 0 Å². The van der Waals surface area contributed by atoms with E-state index in [-0.39, 0.29) is 31.3 Å². The van der Waals surface area contributed by atoms with Gasteiger partial charge < -0.3 is 20.4 Å². The molecule has 12 heteroatoms. The minimum absolute atomic E-state index is 0.0253. The fourth-order valence-electron chi connectivity index (χ4n) is 5.92. The van der Waals surface area contributed by atoms with Gasteiger partial charge in [0.05, 0.1) is 28.9 Å². The maximum atomic E-state index is 14.6. The fraction of sp³-hybridized carbons (Fsp3) is 0.548. The SMILES string of the molecule is CC[C@@H](CNS(=O)(=O)C1(C)CC1)N1C(=O)[C@@](C)(CC(=O)NC[C@@H](O)CO)C[C@H](c2cccc(Cl)c2)[C@H]1c1ccc(Cl)cc1. The van der Waals surface area contributed by atoms with Crippen molar-refractivity contribution >= 4 is 45.0 Å². The van der Waals surface area contributed by atoms with Crippen LogP contribution in [0, 0.1) is 5.41 Å². The minimum atomic E-state index is -3.60. The Morgan fingerprint density at radius 3 is 2.33 bits per heavy atom. The highest BCUT2D eigenvalue weighted by Crippen LogP contribution is 2.52. The van der Waals surface area contributed by atoms with E-state index in [1.807, 2.05) is 37.3 Å². The molecule has 1 aliphatic heterocycles. The first-order valence-corrected chi connectivity index (χ1v) is 16.9. The molecular formula is C31H41Cl2N3O6S. The van der Waals surface area contributed by atoms with Gasteiger partial charge in [0, 0.05) is 41.5 Å². The third-order valence-electron chi connectivity index (χ3n) is 8.86. The number of nitrogens with one attached hydrogen (secondary N) is 2. The zero-order chi connectivity index (χ0) is 31.6. The van der Waals surface area contributed by atoms with Crippen LogP contribution in [0.4, 0.5) is 0 Å². The van der Waals surface area contributed by atoms with E-state index < -0.39 is 50.9 Å². The van der Waals surface area contributed by atoms with Crippen LogP contribution < -0.4 is 10.0 Å². The van der Waals surface area contributed by atoms with Crippen molar-refractivity contribution in [1.29, 1.82) is 0 Å². The molecule has 2 aromatic carbocycles. The van der Waals surface area contributed by atoms with Gasteiger partial charge in [-0.3, -0.25) is 9.59 Å². The Morgan fingerprint density at radius 2 is 1.74 bits per heavy atom. The molecular weight excluding hydrogens is 613 g/mol. The monoisotopic (exact) mass is 653 g/mol. The Labute approximate surface area is 264 Å². The number of halogens is 2. The van der Waals surface area contributed by atoms with Crippen molar-refractivity contribution in [2.45, 2.75) is 81.7 Å². The predicted octanol–water partition coefficient (Wildman–Crippen LogP) is 4.17. The van der Waals surface area contributed by atoms with E-state index in [1.165, 1.54) is 0 Å². The molecule has 4 rings (SSSR count). The van der Waals surface area contributed by atoms with Gasteiger partial charge in [-0.2, -0.15) is 0 Å². The molecule has 0 unspecified atom stereocenters. The van der Waals surface area contributed by atoms with Crippen molar-refractivity contribution in [2.24, 2.45) is 5.41 Å². The first kappa shape index (κ1) is 33.7. The van der Waals surface area contributed by atoms with Gasteiger partial charge in [0.2, 0.25) is 21.8 Å². The molecule has 236 valence electrons. The van der Waals surface area contributed by atoms with Crippen LogP contribution in [-0.2, 0) is 19.6 Å². The minimum Gasteiger partial charge on any atom is -0.394 e. The van der Waals surface area contributed by atoms with Crippen molar-refractivity contribution in [3.63, 3.8) is 0 Å². The number of hydrogen-bond donors (Lipinski definition) is 4. The normalized spacial score (nSPS) is 24.8. The van der Waals surface area contributed by atoms with Gasteiger partial charge in [-0.1, -0.05) is 61.3 Å². The van der Waals surface area contributed by atoms with E-state index >= 15 is 0 Å². The summed E-state index contributed by atoms with van der Waals surface area (Å²) < 4.78 is 28.2. The summed E-state index contributed by atoms with van der Waals surface area (Å²) in [7, 11) is -3.60. The molecule has 2 aromatic rings. The Hall–Kier alpha value is -2.21. The molecule has 5 atom stereocenters. The summed E-state index contributed by atoms with van der Waals surface area (Å²) in [5.41, 5.74) is 0.544. The fourth-order valence-corrected chi connectivity index (χ4v) is 7.65. The predicted molar refractivity (Wildman–Crippen MR) is 167 cm³/mol. The van der Waals surface area contributed by atoms with Gasteiger partial charge in [0.15, 0.2) is 0 Å². The number of carbonyl (C=O) groups excluding carboxylic acids is 2. The topological polar surface area (TPSA) is 136 Å². The molecule has 1 aliphatic carbocycles. The number of piperidine rings is 1. The molecule has 4 N–H and O–H groups in total. The first-order chi connectivity index (χ1) is 20.2. The molecule has 0 spiro atoms. The summed E-state index contributed by atoms with van der Waals surface area (Å²) in [5.74, 6) is -1.01. The van der Waals surface area contributed by atoms with Crippen molar-refractivity contribution in [3.05, 3.63) is 69.7 Å². The van der Waals surface area contributed by atoms with E-state index in [0.29, 0.717) is 35.7 Å². The summed E-state index contributed by atoms with van der Waals surface area (Å²) in [6.07, 6.45) is 0.670. The highest BCUT2D eigenvalue weighted by Gasteiger charge is 2.53. The highest BCUT2D eigenvalue weighted by atomic mass is 35.5. The van der Waals surface area contributed by atoms with Crippen LogP contribution in [-0.4, -0.2) is 71.9 Å². The average Bonchev–Trinajstić information content (AvgIpc) is 3.73. The van der Waals surface area contributed by atoms with Crippen molar-refractivity contribution < 1.29 is 28.2 Å². The van der Waals surface area contributed by atoms with Gasteiger partial charge in [-0.05, 0) is 68.0 Å². The Morgan fingerprint density at radius 1 is 1.07 bits per heavy atom. The van der Waals surface area contributed by atoms with Crippen LogP contribution in [0.5, 0.6) is 0 Å². The van der Waals surface area contributed by atoms with Crippen molar-refractivity contribution in [2.75, 3.05) is 19.7 Å². The largest absolute Gasteiger partial charge is 0.394 e. The van der Waals surface area contributed by atoms with Crippen molar-refractivity contribution in [1.82, 2.24) is 14.9 Å². The molecule has 2 aliphatic rings. The molecule has 0 radical (unpaired) electrons. The highest BCUT2D eigenvalue weighted by molar-refractivity contribution is 7.91. The zero-order valence-corrected chi connectivity index (χ0v) is 27.1. The second-order valence-electron chi connectivity index (χ2n) is 12.3. The summed E-state index contributed by atoms with van der Waals surface area (Å²) >= 11 is 12.7. The lowest BCUT2D eigenvalue weighted by atomic mass is 9.67. The first-order valence-electron chi connectivity index (χ1n) is 14.6. The van der Waals surface area contributed by atoms with Gasteiger partial charge in [-0.15, -0.1) is 0 Å². The lowest BCUT2D eigenvalue weighted by Gasteiger charge is -2.52. The number of hydrogen-bond acceptors (Lipinski definition) is 6. The van der Waals surface area contributed by atoms with Crippen LogP contribution in [0.25, 0.3) is 0 Å². The van der Waals surface area contributed by atoms with E-state index in [9.17, 15) is 23.1 Å². The third-order valence-corrected chi connectivity index (χ3v) is 11.6. The Balaban J connectivity index is 1.79. The summed E-state index contributed by atoms with van der Waals surface area (Å²) in [6, 6.07) is 13.7.